The van der Waals surface area contributed by atoms with E-state index in [1.54, 1.807) is 7.05 Å². The summed E-state index contributed by atoms with van der Waals surface area (Å²) in [5.74, 6) is 0.897. The monoisotopic (exact) mass is 351 g/mol. The Labute approximate surface area is 132 Å². The highest BCUT2D eigenvalue weighted by Crippen LogP contribution is 2.28. The topological polar surface area (TPSA) is 72.0 Å². The normalized spacial score (nSPS) is 10.3. The van der Waals surface area contributed by atoms with E-state index < -0.39 is 0 Å². The number of benzene rings is 1. The number of nitrogens with zero attached hydrogens (tertiary/aromatic N) is 3. The van der Waals surface area contributed by atoms with Gasteiger partial charge in [-0.2, -0.15) is 15.0 Å². The SMILES string of the molecule is CCCOc1nc(NC)nc(Nc2cccc(C)c2Br)n1. The van der Waals surface area contributed by atoms with Crippen molar-refractivity contribution in [3.63, 3.8) is 0 Å². The van der Waals surface area contributed by atoms with Crippen molar-refractivity contribution >= 4 is 33.5 Å². The number of halogens is 1. The number of anilines is 3. The van der Waals surface area contributed by atoms with Crippen LogP contribution in [0.1, 0.15) is 18.9 Å². The molecule has 112 valence electrons. The maximum absolute atomic E-state index is 5.48. The van der Waals surface area contributed by atoms with Crippen LogP contribution < -0.4 is 15.4 Å². The van der Waals surface area contributed by atoms with Gasteiger partial charge in [0.2, 0.25) is 11.9 Å². The van der Waals surface area contributed by atoms with Gasteiger partial charge in [0, 0.05) is 11.5 Å². The second kappa shape index (κ2) is 7.21. The molecule has 0 saturated carbocycles. The number of ether oxygens (including phenoxy) is 1. The second-order valence-electron chi connectivity index (χ2n) is 4.43. The van der Waals surface area contributed by atoms with Crippen molar-refractivity contribution in [3.05, 3.63) is 28.2 Å². The average molecular weight is 352 g/mol. The summed E-state index contributed by atoms with van der Waals surface area (Å²) in [5, 5.41) is 6.08. The molecule has 0 aliphatic carbocycles. The van der Waals surface area contributed by atoms with E-state index in [9.17, 15) is 0 Å². The molecule has 1 heterocycles. The summed E-state index contributed by atoms with van der Waals surface area (Å²) in [7, 11) is 1.76. The molecule has 2 N–H and O–H groups in total. The van der Waals surface area contributed by atoms with Gasteiger partial charge >= 0.3 is 6.01 Å². The minimum Gasteiger partial charge on any atom is -0.463 e. The van der Waals surface area contributed by atoms with Crippen LogP contribution in [0.3, 0.4) is 0 Å². The summed E-state index contributed by atoms with van der Waals surface area (Å²) < 4.78 is 6.46. The summed E-state index contributed by atoms with van der Waals surface area (Å²) in [4.78, 5) is 12.7. The fraction of sp³-hybridized carbons (Fsp3) is 0.357. The van der Waals surface area contributed by atoms with E-state index in [1.807, 2.05) is 32.0 Å². The number of nitrogens with one attached hydrogen (secondary N) is 2. The van der Waals surface area contributed by atoms with Crippen molar-refractivity contribution in [2.75, 3.05) is 24.3 Å². The van der Waals surface area contributed by atoms with Crippen LogP contribution in [-0.2, 0) is 0 Å². The first-order valence-electron chi connectivity index (χ1n) is 6.72. The van der Waals surface area contributed by atoms with Gasteiger partial charge in [-0.25, -0.2) is 0 Å². The Kier molecular flexibility index (Phi) is 5.32. The van der Waals surface area contributed by atoms with E-state index in [2.05, 4.69) is 41.5 Å². The summed E-state index contributed by atoms with van der Waals surface area (Å²) >= 11 is 3.55. The van der Waals surface area contributed by atoms with Crippen LogP contribution in [0.2, 0.25) is 0 Å². The summed E-state index contributed by atoms with van der Waals surface area (Å²) in [6.07, 6.45) is 0.896. The van der Waals surface area contributed by atoms with Gasteiger partial charge in [-0.1, -0.05) is 19.1 Å². The summed E-state index contributed by atoms with van der Waals surface area (Å²) in [6.45, 7) is 4.63. The Morgan fingerprint density at radius 1 is 1.19 bits per heavy atom. The predicted octanol–water partition coefficient (Wildman–Crippen LogP) is 3.52. The highest BCUT2D eigenvalue weighted by molar-refractivity contribution is 9.10. The Morgan fingerprint density at radius 3 is 2.67 bits per heavy atom. The molecule has 2 rings (SSSR count). The lowest BCUT2D eigenvalue weighted by Gasteiger charge is -2.11. The minimum atomic E-state index is 0.308. The molecule has 6 nitrogen and oxygen atoms in total. The lowest BCUT2D eigenvalue weighted by Crippen LogP contribution is -2.08. The van der Waals surface area contributed by atoms with Gasteiger partial charge < -0.3 is 15.4 Å². The van der Waals surface area contributed by atoms with Gasteiger partial charge in [0.15, 0.2) is 0 Å². The molecule has 0 fully saturated rings. The second-order valence-corrected chi connectivity index (χ2v) is 5.22. The standard InChI is InChI=1S/C14H18BrN5O/c1-4-8-21-14-19-12(16-3)18-13(20-14)17-10-7-5-6-9(2)11(10)15/h5-7H,4,8H2,1-3H3,(H2,16,17,18,19,20). The molecule has 2 aromatic rings. The van der Waals surface area contributed by atoms with Crippen molar-refractivity contribution in [2.24, 2.45) is 0 Å². The molecular weight excluding hydrogens is 334 g/mol. The minimum absolute atomic E-state index is 0.308. The van der Waals surface area contributed by atoms with E-state index in [0.29, 0.717) is 24.5 Å². The third-order valence-electron chi connectivity index (χ3n) is 2.71. The fourth-order valence-electron chi connectivity index (χ4n) is 1.65. The number of aromatic nitrogens is 3. The third kappa shape index (κ3) is 4.04. The van der Waals surface area contributed by atoms with E-state index in [4.69, 9.17) is 4.74 Å². The van der Waals surface area contributed by atoms with Crippen molar-refractivity contribution < 1.29 is 4.74 Å². The van der Waals surface area contributed by atoms with Crippen LogP contribution in [0.5, 0.6) is 6.01 Å². The zero-order chi connectivity index (χ0) is 15.2. The van der Waals surface area contributed by atoms with Crippen molar-refractivity contribution in [1.29, 1.82) is 0 Å². The van der Waals surface area contributed by atoms with Crippen molar-refractivity contribution in [3.8, 4) is 6.01 Å². The van der Waals surface area contributed by atoms with Gasteiger partial charge in [0.05, 0.1) is 12.3 Å². The van der Waals surface area contributed by atoms with Gasteiger partial charge in [-0.3, -0.25) is 0 Å². The van der Waals surface area contributed by atoms with Crippen molar-refractivity contribution in [1.82, 2.24) is 15.0 Å². The van der Waals surface area contributed by atoms with Crippen LogP contribution in [0.15, 0.2) is 22.7 Å². The molecule has 21 heavy (non-hydrogen) atoms. The molecular formula is C14H18BrN5O. The summed E-state index contributed by atoms with van der Waals surface area (Å²) in [6, 6.07) is 6.25. The van der Waals surface area contributed by atoms with E-state index in [1.165, 1.54) is 0 Å². The molecule has 7 heteroatoms. The lowest BCUT2D eigenvalue weighted by atomic mass is 10.2. The van der Waals surface area contributed by atoms with Crippen LogP contribution >= 0.6 is 15.9 Å². The molecule has 0 unspecified atom stereocenters. The quantitative estimate of drug-likeness (QED) is 0.829. The average Bonchev–Trinajstić information content (AvgIpc) is 2.49. The zero-order valence-electron chi connectivity index (χ0n) is 12.3. The van der Waals surface area contributed by atoms with Crippen LogP contribution in [0, 0.1) is 6.92 Å². The molecule has 0 atom stereocenters. The van der Waals surface area contributed by atoms with Crippen LogP contribution in [0.25, 0.3) is 0 Å². The third-order valence-corrected chi connectivity index (χ3v) is 3.76. The molecule has 0 spiro atoms. The van der Waals surface area contributed by atoms with E-state index in [0.717, 1.165) is 22.1 Å². The molecule has 1 aromatic heterocycles. The van der Waals surface area contributed by atoms with Gasteiger partial charge in [-0.15, -0.1) is 0 Å². The largest absolute Gasteiger partial charge is 0.463 e. The maximum atomic E-state index is 5.48. The molecule has 0 radical (unpaired) electrons. The molecule has 0 amide bonds. The Morgan fingerprint density at radius 2 is 1.95 bits per heavy atom. The molecule has 0 saturated heterocycles. The fourth-order valence-corrected chi connectivity index (χ4v) is 2.01. The summed E-state index contributed by atoms with van der Waals surface area (Å²) in [5.41, 5.74) is 2.02. The number of aryl methyl sites for hydroxylation is 1. The van der Waals surface area contributed by atoms with Gasteiger partial charge in [0.1, 0.15) is 0 Å². The Balaban J connectivity index is 2.28. The van der Waals surface area contributed by atoms with Crippen LogP contribution in [0.4, 0.5) is 17.6 Å². The highest BCUT2D eigenvalue weighted by Gasteiger charge is 2.09. The van der Waals surface area contributed by atoms with Crippen LogP contribution in [-0.4, -0.2) is 28.6 Å². The lowest BCUT2D eigenvalue weighted by molar-refractivity contribution is 0.292. The highest BCUT2D eigenvalue weighted by atomic mass is 79.9. The van der Waals surface area contributed by atoms with E-state index >= 15 is 0 Å². The smallest absolute Gasteiger partial charge is 0.323 e. The Hall–Kier alpha value is -1.89. The van der Waals surface area contributed by atoms with Gasteiger partial charge in [0.25, 0.3) is 0 Å². The number of hydrogen-bond acceptors (Lipinski definition) is 6. The molecule has 0 aliphatic rings. The first-order valence-corrected chi connectivity index (χ1v) is 7.52. The number of hydrogen-bond donors (Lipinski definition) is 2. The number of rotatable bonds is 6. The zero-order valence-corrected chi connectivity index (χ0v) is 13.9. The first-order chi connectivity index (χ1) is 10.1. The van der Waals surface area contributed by atoms with Gasteiger partial charge in [-0.05, 0) is 40.9 Å². The predicted molar refractivity (Wildman–Crippen MR) is 87.3 cm³/mol. The van der Waals surface area contributed by atoms with Crippen molar-refractivity contribution in [2.45, 2.75) is 20.3 Å². The molecule has 1 aromatic carbocycles. The Bertz CT molecular complexity index is 620. The molecule has 0 bridgehead atoms. The maximum Gasteiger partial charge on any atom is 0.323 e. The molecule has 0 aliphatic heterocycles. The van der Waals surface area contributed by atoms with E-state index in [-0.39, 0.29) is 0 Å². The first kappa shape index (κ1) is 15.5.